The Morgan fingerprint density at radius 2 is 1.87 bits per heavy atom. The molecule has 0 saturated heterocycles. The molecule has 3 aromatic rings. The van der Waals surface area contributed by atoms with Crippen molar-refractivity contribution in [2.24, 2.45) is 0 Å². The number of nitrogens with zero attached hydrogens (tertiary/aromatic N) is 2. The third-order valence-corrected chi connectivity index (χ3v) is 5.38. The maximum atomic E-state index is 14.2. The highest BCUT2D eigenvalue weighted by molar-refractivity contribution is 6.30. The number of carbonyl (C=O) groups excluding carboxylic acids is 3. The largest absolute Gasteiger partial charge is 0.457 e. The van der Waals surface area contributed by atoms with Crippen LogP contribution in [-0.4, -0.2) is 63.2 Å². The van der Waals surface area contributed by atoms with E-state index in [0.717, 1.165) is 5.01 Å². The van der Waals surface area contributed by atoms with Crippen molar-refractivity contribution in [3.63, 3.8) is 0 Å². The summed E-state index contributed by atoms with van der Waals surface area (Å²) in [6.07, 6.45) is -1.88. The molecule has 0 aliphatic rings. The molecule has 0 bridgehead atoms. The number of hydrogen-bond acceptors (Lipinski definition) is 7. The first-order valence-corrected chi connectivity index (χ1v) is 11.6. The van der Waals surface area contributed by atoms with E-state index in [9.17, 15) is 32.7 Å². The fourth-order valence-electron chi connectivity index (χ4n) is 3.28. The van der Waals surface area contributed by atoms with Crippen LogP contribution in [0.15, 0.2) is 48.5 Å². The highest BCUT2D eigenvalue weighted by atomic mass is 35.5. The molecule has 3 rings (SSSR count). The molecule has 9 nitrogen and oxygen atoms in total. The molecular weight excluding hydrogens is 529 g/mol. The first-order chi connectivity index (χ1) is 17.8. The number of benzene rings is 2. The molecule has 0 spiro atoms. The fraction of sp³-hybridized carbons (Fsp3) is 0.280. The van der Waals surface area contributed by atoms with Gasteiger partial charge in [0.1, 0.15) is 17.2 Å². The van der Waals surface area contributed by atoms with E-state index in [-0.39, 0.29) is 29.3 Å². The molecule has 0 radical (unpaired) electrons. The van der Waals surface area contributed by atoms with Crippen LogP contribution in [0.4, 0.5) is 13.2 Å². The zero-order chi connectivity index (χ0) is 28.0. The van der Waals surface area contributed by atoms with Gasteiger partial charge in [-0.25, -0.2) is 23.0 Å². The Labute approximate surface area is 220 Å². The van der Waals surface area contributed by atoms with Gasteiger partial charge >= 0.3 is 5.97 Å². The molecule has 0 unspecified atom stereocenters. The third kappa shape index (κ3) is 8.13. The lowest BCUT2D eigenvalue weighted by atomic mass is 10.0. The first-order valence-electron chi connectivity index (χ1n) is 11.2. The summed E-state index contributed by atoms with van der Waals surface area (Å²) in [6, 6.07) is 11.8. The number of aromatic nitrogens is 2. The van der Waals surface area contributed by atoms with Crippen LogP contribution >= 0.6 is 11.6 Å². The number of aliphatic hydroxyl groups excluding tert-OH is 1. The molecule has 1 amide bonds. The molecule has 0 aliphatic heterocycles. The quantitative estimate of drug-likeness (QED) is 0.188. The Hall–Kier alpha value is -3.74. The number of Topliss-reactive ketones (excluding diaryl/α,β-unsaturated/α-hetero) is 1. The Bertz CT molecular complexity index is 1310. The van der Waals surface area contributed by atoms with E-state index in [1.807, 2.05) is 0 Å². The average molecular weight is 553 g/mol. The zero-order valence-corrected chi connectivity index (χ0v) is 21.1. The number of rotatable bonds is 11. The van der Waals surface area contributed by atoms with Gasteiger partial charge in [-0.05, 0) is 35.4 Å². The van der Waals surface area contributed by atoms with Crippen molar-refractivity contribution >= 4 is 29.3 Å². The maximum Gasteiger partial charge on any atom is 0.336 e. The molecule has 0 aliphatic carbocycles. The summed E-state index contributed by atoms with van der Waals surface area (Å²) in [6.45, 7) is 0.00565. The van der Waals surface area contributed by atoms with Gasteiger partial charge in [0.15, 0.2) is 18.5 Å². The van der Waals surface area contributed by atoms with Crippen LogP contribution in [0.1, 0.15) is 40.4 Å². The summed E-state index contributed by atoms with van der Waals surface area (Å²) in [7, 11) is 0. The van der Waals surface area contributed by atoms with E-state index >= 15 is 0 Å². The van der Waals surface area contributed by atoms with Gasteiger partial charge in [-0.15, -0.1) is 0 Å². The van der Waals surface area contributed by atoms with Crippen LogP contribution in [0, 0.1) is 5.82 Å². The lowest BCUT2D eigenvalue weighted by Gasteiger charge is -2.25. The minimum atomic E-state index is -3.29. The highest BCUT2D eigenvalue weighted by Gasteiger charge is 2.28. The van der Waals surface area contributed by atoms with Crippen molar-refractivity contribution in [3.8, 4) is 11.1 Å². The normalized spacial score (nSPS) is 12.3. The van der Waals surface area contributed by atoms with Gasteiger partial charge in [-0.2, -0.15) is 5.10 Å². The van der Waals surface area contributed by atoms with E-state index in [1.54, 1.807) is 24.3 Å². The van der Waals surface area contributed by atoms with Crippen molar-refractivity contribution in [1.82, 2.24) is 20.6 Å². The molecule has 3 N–H and O–H groups in total. The second kappa shape index (κ2) is 12.2. The predicted octanol–water partition coefficient (Wildman–Crippen LogP) is 3.78. The van der Waals surface area contributed by atoms with Crippen LogP contribution < -0.4 is 5.43 Å². The molecule has 13 heteroatoms. The van der Waals surface area contributed by atoms with Crippen LogP contribution in [-0.2, 0) is 16.1 Å². The standard InChI is InChI=1S/C25H24ClF3N4O5/c1-14(34)20-10-21(31-30-20)23(36)32-33(12-22(35)24(37)38-13-25(2,28)29)11-15-3-5-16(6-4-15)18-9-17(26)7-8-19(18)27/h3-10,22,35H,11-13H2,1-2H3,(H,30,31)(H,32,36)/t22-/m1/s1. The van der Waals surface area contributed by atoms with Gasteiger partial charge < -0.3 is 9.84 Å². The molecule has 1 heterocycles. The lowest BCUT2D eigenvalue weighted by molar-refractivity contribution is -0.164. The summed E-state index contributed by atoms with van der Waals surface area (Å²) >= 11 is 5.96. The Kier molecular flexibility index (Phi) is 9.26. The fourth-order valence-corrected chi connectivity index (χ4v) is 3.45. The lowest BCUT2D eigenvalue weighted by Crippen LogP contribution is -2.48. The summed E-state index contributed by atoms with van der Waals surface area (Å²) < 4.78 is 44.7. The van der Waals surface area contributed by atoms with E-state index in [0.29, 0.717) is 23.1 Å². The Morgan fingerprint density at radius 1 is 1.18 bits per heavy atom. The number of H-pyrrole nitrogens is 1. The van der Waals surface area contributed by atoms with Crippen molar-refractivity contribution in [1.29, 1.82) is 0 Å². The van der Waals surface area contributed by atoms with Gasteiger partial charge in [0.2, 0.25) is 0 Å². The number of carbonyl (C=O) groups is 3. The summed E-state index contributed by atoms with van der Waals surface area (Å²) in [5.41, 5.74) is 3.81. The molecule has 0 fully saturated rings. The second-order valence-corrected chi connectivity index (χ2v) is 9.00. The molecule has 1 aromatic heterocycles. The number of alkyl halides is 2. The molecule has 38 heavy (non-hydrogen) atoms. The SMILES string of the molecule is CC(=O)c1cc(C(=O)NN(Cc2ccc(-c3cc(Cl)ccc3F)cc2)C[C@@H](O)C(=O)OCC(C)(F)F)[nH]n1. The van der Waals surface area contributed by atoms with Gasteiger partial charge in [0.05, 0.1) is 6.54 Å². The number of nitrogens with one attached hydrogen (secondary N) is 2. The highest BCUT2D eigenvalue weighted by Crippen LogP contribution is 2.26. The summed E-state index contributed by atoms with van der Waals surface area (Å²) in [5, 5.41) is 17.9. The van der Waals surface area contributed by atoms with Crippen LogP contribution in [0.2, 0.25) is 5.02 Å². The topological polar surface area (TPSA) is 125 Å². The number of ketones is 1. The van der Waals surface area contributed by atoms with Crippen LogP contribution in [0.25, 0.3) is 11.1 Å². The predicted molar refractivity (Wildman–Crippen MR) is 131 cm³/mol. The summed E-state index contributed by atoms with van der Waals surface area (Å²) in [4.78, 5) is 36.2. The van der Waals surface area contributed by atoms with Crippen molar-refractivity contribution in [2.45, 2.75) is 32.4 Å². The number of amides is 1. The zero-order valence-electron chi connectivity index (χ0n) is 20.3. The van der Waals surface area contributed by atoms with Gasteiger partial charge in [0, 0.05) is 31.0 Å². The molecule has 0 saturated carbocycles. The number of aromatic amines is 1. The number of hydrazine groups is 1. The van der Waals surface area contributed by atoms with E-state index in [4.69, 9.17) is 11.6 Å². The Balaban J connectivity index is 1.77. The van der Waals surface area contributed by atoms with Gasteiger partial charge in [0.25, 0.3) is 11.8 Å². The smallest absolute Gasteiger partial charge is 0.336 e. The number of aliphatic hydroxyl groups is 1. The van der Waals surface area contributed by atoms with Crippen LogP contribution in [0.5, 0.6) is 0 Å². The molecule has 202 valence electrons. The van der Waals surface area contributed by atoms with Crippen molar-refractivity contribution < 1.29 is 37.4 Å². The minimum absolute atomic E-state index is 0.0228. The number of ether oxygens (including phenoxy) is 1. The van der Waals surface area contributed by atoms with Crippen molar-refractivity contribution in [2.75, 3.05) is 13.2 Å². The molecule has 1 atom stereocenters. The third-order valence-electron chi connectivity index (χ3n) is 5.14. The number of halogens is 4. The number of esters is 1. The molecular formula is C25H24ClF3N4O5. The van der Waals surface area contributed by atoms with Crippen LogP contribution in [0.3, 0.4) is 0 Å². The second-order valence-electron chi connectivity index (χ2n) is 8.56. The maximum absolute atomic E-state index is 14.2. The van der Waals surface area contributed by atoms with E-state index in [2.05, 4.69) is 20.4 Å². The number of hydrogen-bond donors (Lipinski definition) is 3. The van der Waals surface area contributed by atoms with Crippen molar-refractivity contribution in [3.05, 3.63) is 76.3 Å². The minimum Gasteiger partial charge on any atom is -0.457 e. The van der Waals surface area contributed by atoms with E-state index in [1.165, 1.54) is 31.2 Å². The monoisotopic (exact) mass is 552 g/mol. The van der Waals surface area contributed by atoms with Gasteiger partial charge in [-0.3, -0.25) is 20.1 Å². The van der Waals surface area contributed by atoms with Gasteiger partial charge in [-0.1, -0.05) is 35.9 Å². The summed E-state index contributed by atoms with van der Waals surface area (Å²) in [5.74, 6) is -6.19. The van der Waals surface area contributed by atoms with E-state index < -0.39 is 42.9 Å². The average Bonchev–Trinajstić information content (AvgIpc) is 3.35. The molecule has 2 aromatic carbocycles. The first kappa shape index (κ1) is 28.8. The Morgan fingerprint density at radius 3 is 2.47 bits per heavy atom.